The lowest BCUT2D eigenvalue weighted by molar-refractivity contribution is -0.140. The Balaban J connectivity index is 1.82. The van der Waals surface area contributed by atoms with Gasteiger partial charge in [0.05, 0.1) is 72.3 Å². The number of carboxylic acid groups (broad SMARTS) is 1. The van der Waals surface area contributed by atoms with Crippen LogP contribution in [0.2, 0.25) is 0 Å². The van der Waals surface area contributed by atoms with Crippen LogP contribution in [0.3, 0.4) is 0 Å². The number of amides is 1. The van der Waals surface area contributed by atoms with Crippen LogP contribution in [0, 0.1) is 11.8 Å². The van der Waals surface area contributed by atoms with E-state index in [0.717, 1.165) is 22.4 Å². The predicted molar refractivity (Wildman–Crippen MR) is 199 cm³/mol. The van der Waals surface area contributed by atoms with E-state index < -0.39 is 17.8 Å². The first-order valence-corrected chi connectivity index (χ1v) is 17.6. The molecule has 0 radical (unpaired) electrons. The molecule has 5 rings (SSSR count). The van der Waals surface area contributed by atoms with Gasteiger partial charge in [0.15, 0.2) is 0 Å². The Kier molecular flexibility index (Phi) is 11.8. The molecular weight excluding hydrogens is 664 g/mol. The minimum Gasteiger partial charge on any atom is -0.512 e. The van der Waals surface area contributed by atoms with Crippen molar-refractivity contribution in [2.45, 2.75) is 67.2 Å². The molecule has 1 saturated heterocycles. The van der Waals surface area contributed by atoms with Gasteiger partial charge in [-0.05, 0) is 81.1 Å². The van der Waals surface area contributed by atoms with Crippen molar-refractivity contribution >= 4 is 35.0 Å². The number of nitrogens with two attached hydrogens (primary N) is 1. The Morgan fingerprint density at radius 3 is 2.33 bits per heavy atom. The molecule has 1 fully saturated rings. The number of aliphatic carboxylic acids is 1. The van der Waals surface area contributed by atoms with E-state index in [9.17, 15) is 24.6 Å². The molecule has 6 N–H and O–H groups in total. The molecule has 0 aliphatic carbocycles. The number of esters is 1. The number of aliphatic imine (C=N–C) groups is 3. The van der Waals surface area contributed by atoms with Crippen LogP contribution < -0.4 is 16.4 Å². The van der Waals surface area contributed by atoms with Crippen molar-refractivity contribution in [1.82, 2.24) is 10.6 Å². The van der Waals surface area contributed by atoms with Crippen molar-refractivity contribution < 1.29 is 34.1 Å². The van der Waals surface area contributed by atoms with Gasteiger partial charge in [-0.1, -0.05) is 13.8 Å². The van der Waals surface area contributed by atoms with E-state index in [4.69, 9.17) is 30.2 Å². The molecule has 13 heteroatoms. The molecular formula is C39H48N6O7. The molecule has 13 nitrogen and oxygen atoms in total. The molecule has 5 aliphatic rings. The van der Waals surface area contributed by atoms with Gasteiger partial charge in [-0.3, -0.25) is 14.4 Å². The van der Waals surface area contributed by atoms with Gasteiger partial charge in [-0.15, -0.1) is 0 Å². The van der Waals surface area contributed by atoms with Crippen LogP contribution in [-0.4, -0.2) is 78.6 Å². The number of ether oxygens (including phenoxy) is 2. The fourth-order valence-corrected chi connectivity index (χ4v) is 7.24. The molecule has 2 atom stereocenters. The van der Waals surface area contributed by atoms with Gasteiger partial charge in [0.1, 0.15) is 0 Å². The van der Waals surface area contributed by atoms with Gasteiger partial charge in [0.2, 0.25) is 0 Å². The maximum absolute atomic E-state index is 14.1. The van der Waals surface area contributed by atoms with Crippen LogP contribution in [0.15, 0.2) is 106 Å². The maximum atomic E-state index is 14.1. The number of aliphatic hydroxyl groups excluding tert-OH is 1. The van der Waals surface area contributed by atoms with Gasteiger partial charge < -0.3 is 36.1 Å². The first-order chi connectivity index (χ1) is 24.8. The van der Waals surface area contributed by atoms with E-state index in [1.807, 2.05) is 52.8 Å². The number of carbonyl (C=O) groups is 3. The lowest BCUT2D eigenvalue weighted by Gasteiger charge is -2.20. The summed E-state index contributed by atoms with van der Waals surface area (Å²) in [6.07, 6.45) is 6.21. The van der Waals surface area contributed by atoms with Gasteiger partial charge in [-0.2, -0.15) is 0 Å². The highest BCUT2D eigenvalue weighted by Crippen LogP contribution is 2.43. The van der Waals surface area contributed by atoms with E-state index in [1.165, 1.54) is 7.11 Å². The third kappa shape index (κ3) is 7.56. The summed E-state index contributed by atoms with van der Waals surface area (Å²) in [6, 6.07) is 0. The van der Waals surface area contributed by atoms with Crippen molar-refractivity contribution in [2.75, 3.05) is 33.4 Å². The monoisotopic (exact) mass is 712 g/mol. The third-order valence-electron chi connectivity index (χ3n) is 10.0. The van der Waals surface area contributed by atoms with Crippen LogP contribution in [0.4, 0.5) is 0 Å². The number of hydrogen-bond donors (Lipinski definition) is 5. The van der Waals surface area contributed by atoms with Crippen molar-refractivity contribution in [3.05, 3.63) is 91.5 Å². The summed E-state index contributed by atoms with van der Waals surface area (Å²) in [7, 11) is 1.29. The molecule has 0 saturated carbocycles. The normalized spacial score (nSPS) is 22.2. The van der Waals surface area contributed by atoms with E-state index >= 15 is 0 Å². The number of methoxy groups -OCH3 is 1. The Labute approximate surface area is 303 Å². The Morgan fingerprint density at radius 1 is 0.962 bits per heavy atom. The number of carboxylic acids is 1. The minimum atomic E-state index is -0.955. The number of hydrogen-bond acceptors (Lipinski definition) is 11. The average Bonchev–Trinajstić information content (AvgIpc) is 3.78. The summed E-state index contributed by atoms with van der Waals surface area (Å²) in [5.41, 5.74) is 14.9. The molecule has 52 heavy (non-hydrogen) atoms. The van der Waals surface area contributed by atoms with Crippen LogP contribution in [0.1, 0.15) is 67.2 Å². The Bertz CT molecular complexity index is 1940. The highest BCUT2D eigenvalue weighted by atomic mass is 16.5. The zero-order valence-electron chi connectivity index (χ0n) is 30.9. The summed E-state index contributed by atoms with van der Waals surface area (Å²) in [5, 5.41) is 27.0. The summed E-state index contributed by atoms with van der Waals surface area (Å²) in [5.74, 6) is -2.40. The molecule has 8 bridgehead atoms. The lowest BCUT2D eigenvalue weighted by Crippen LogP contribution is -2.33. The van der Waals surface area contributed by atoms with E-state index in [-0.39, 0.29) is 55.6 Å². The smallest absolute Gasteiger partial charge is 0.310 e. The second-order valence-corrected chi connectivity index (χ2v) is 13.3. The summed E-state index contributed by atoms with van der Waals surface area (Å²) in [4.78, 5) is 54.1. The number of rotatable bonds is 12. The minimum absolute atomic E-state index is 0.124. The fraction of sp³-hybridized carbons (Fsp3) is 0.436. The Morgan fingerprint density at radius 2 is 1.67 bits per heavy atom. The van der Waals surface area contributed by atoms with Gasteiger partial charge in [0.25, 0.3) is 5.91 Å². The predicted octanol–water partition coefficient (Wildman–Crippen LogP) is 4.79. The van der Waals surface area contributed by atoms with Gasteiger partial charge >= 0.3 is 11.9 Å². The molecule has 1 amide bonds. The molecule has 0 spiro atoms. The van der Waals surface area contributed by atoms with Crippen LogP contribution in [0.5, 0.6) is 0 Å². The molecule has 0 aromatic rings. The number of nitrogens with one attached hydrogen (secondary N) is 2. The van der Waals surface area contributed by atoms with E-state index in [1.54, 1.807) is 6.92 Å². The SMILES string of the molecule is CCC1=C(C)C2=CC3=NC(=C(C)C3=C(C)O)C=C3NC(=C(CC(=O)OC)C4=NC(=CC1=N2)C(C)=C4C(=O)NCCOCCN)C(CCC(=O)O)C3C. The second kappa shape index (κ2) is 16.0. The largest absolute Gasteiger partial charge is 0.512 e. The number of nitrogens with zero attached hydrogens (tertiary/aromatic N) is 3. The lowest BCUT2D eigenvalue weighted by atomic mass is 9.84. The summed E-state index contributed by atoms with van der Waals surface area (Å²) in [6.45, 7) is 12.6. The highest BCUT2D eigenvalue weighted by molar-refractivity contribution is 6.32. The molecule has 276 valence electrons. The van der Waals surface area contributed by atoms with Crippen LogP contribution >= 0.6 is 0 Å². The molecule has 2 unspecified atom stereocenters. The Hall–Kier alpha value is -5.14. The highest BCUT2D eigenvalue weighted by Gasteiger charge is 2.40. The topological polar surface area (TPSA) is 197 Å². The number of allylic oxidation sites excluding steroid dienone is 11. The number of carbonyl (C=O) groups excluding carboxylic acids is 2. The third-order valence-corrected chi connectivity index (χ3v) is 10.0. The van der Waals surface area contributed by atoms with Gasteiger partial charge in [-0.25, -0.2) is 15.0 Å². The van der Waals surface area contributed by atoms with Crippen molar-refractivity contribution in [3.8, 4) is 0 Å². The van der Waals surface area contributed by atoms with Crippen LogP contribution in [-0.2, 0) is 23.9 Å². The van der Waals surface area contributed by atoms with Gasteiger partial charge in [0, 0.05) is 53.9 Å². The number of fused-ring (bicyclic) bond motifs is 5. The van der Waals surface area contributed by atoms with E-state index in [0.29, 0.717) is 76.2 Å². The van der Waals surface area contributed by atoms with Crippen molar-refractivity contribution in [3.63, 3.8) is 0 Å². The quantitative estimate of drug-likeness (QED) is 0.107. The van der Waals surface area contributed by atoms with Crippen molar-refractivity contribution in [1.29, 1.82) is 0 Å². The molecule has 0 aromatic carbocycles. The molecule has 0 aromatic heterocycles. The standard InChI is InChI=1S/C39H48N6O7/c1-8-24-19(2)27-18-32-35(23(6)46)21(4)29(43-32)16-28-20(3)25(9-10-33(47)48)37(44-28)26(15-34(49)51-7)38-36(39(50)41-12-14-52-13-11-40)22(5)30(45-38)17-31(24)42-27/h16-18,20,25,44,46H,8-15,40H2,1-7H3,(H,41,50)(H,47,48). The maximum Gasteiger partial charge on any atom is 0.310 e. The average molecular weight is 713 g/mol. The fourth-order valence-electron chi connectivity index (χ4n) is 7.24. The molecule has 5 heterocycles. The van der Waals surface area contributed by atoms with Crippen molar-refractivity contribution in [2.24, 2.45) is 32.5 Å². The zero-order chi connectivity index (χ0) is 37.9. The molecule has 5 aliphatic heterocycles. The first-order valence-electron chi connectivity index (χ1n) is 17.6. The summed E-state index contributed by atoms with van der Waals surface area (Å²) >= 11 is 0. The summed E-state index contributed by atoms with van der Waals surface area (Å²) < 4.78 is 10.6. The first kappa shape index (κ1) is 38.1. The number of aliphatic hydroxyl groups is 1. The van der Waals surface area contributed by atoms with Crippen LogP contribution in [0.25, 0.3) is 0 Å². The second-order valence-electron chi connectivity index (χ2n) is 13.3. The zero-order valence-corrected chi connectivity index (χ0v) is 30.9. The van der Waals surface area contributed by atoms with E-state index in [2.05, 4.69) is 10.6 Å².